The van der Waals surface area contributed by atoms with E-state index < -0.39 is 32.1 Å². The van der Waals surface area contributed by atoms with Crippen molar-refractivity contribution in [3.63, 3.8) is 0 Å². The second kappa shape index (κ2) is 10.6. The Morgan fingerprint density at radius 2 is 1.92 bits per heavy atom. The molecule has 0 atom stereocenters. The molecule has 4 rings (SSSR count). The maximum atomic E-state index is 15.8. The number of ether oxygens (including phenoxy) is 1. The van der Waals surface area contributed by atoms with Crippen molar-refractivity contribution in [3.8, 4) is 11.1 Å². The van der Waals surface area contributed by atoms with E-state index >= 15 is 4.39 Å². The van der Waals surface area contributed by atoms with Crippen LogP contribution in [-0.4, -0.2) is 28.9 Å². The van der Waals surface area contributed by atoms with Gasteiger partial charge in [-0.05, 0) is 38.5 Å². The van der Waals surface area contributed by atoms with Crippen LogP contribution in [0.1, 0.15) is 32.8 Å². The first-order valence-electron chi connectivity index (χ1n) is 11.8. The zero-order valence-corrected chi connectivity index (χ0v) is 23.9. The number of anilines is 2. The van der Waals surface area contributed by atoms with Gasteiger partial charge >= 0.3 is 5.97 Å². The van der Waals surface area contributed by atoms with Crippen LogP contribution in [0.4, 0.5) is 15.9 Å². The summed E-state index contributed by atoms with van der Waals surface area (Å²) in [5.74, 6) is -1.16. The zero-order chi connectivity index (χ0) is 28.7. The van der Waals surface area contributed by atoms with Gasteiger partial charge in [-0.2, -0.15) is 0 Å². The van der Waals surface area contributed by atoms with Crippen molar-refractivity contribution in [2.75, 3.05) is 10.5 Å². The number of nitrogens with one attached hydrogen (secondary N) is 1. The van der Waals surface area contributed by atoms with Gasteiger partial charge in [0.05, 0.1) is 21.5 Å². The number of nitrogen functional groups attached to an aromatic ring is 1. The molecule has 9 nitrogen and oxygen atoms in total. The summed E-state index contributed by atoms with van der Waals surface area (Å²) in [7, 11) is -2.70. The monoisotopic (exact) mass is 593 g/mol. The lowest BCUT2D eigenvalue weighted by atomic mass is 9.91. The fraction of sp³-hybridized carbons (Fsp3) is 0.269. The predicted molar refractivity (Wildman–Crippen MR) is 149 cm³/mol. The average molecular weight is 594 g/mol. The van der Waals surface area contributed by atoms with Gasteiger partial charge in [-0.1, -0.05) is 42.3 Å². The Balaban J connectivity index is 1.70. The minimum Gasteiger partial charge on any atom is -0.460 e. The van der Waals surface area contributed by atoms with E-state index in [0.717, 1.165) is 6.07 Å². The maximum absolute atomic E-state index is 15.8. The van der Waals surface area contributed by atoms with Gasteiger partial charge in [0.15, 0.2) is 5.82 Å². The van der Waals surface area contributed by atoms with Crippen molar-refractivity contribution in [2.24, 2.45) is 12.5 Å². The van der Waals surface area contributed by atoms with Crippen LogP contribution >= 0.6 is 23.2 Å². The quantitative estimate of drug-likeness (QED) is 0.242. The Morgan fingerprint density at radius 1 is 1.21 bits per heavy atom. The van der Waals surface area contributed by atoms with Crippen molar-refractivity contribution in [1.29, 1.82) is 0 Å². The number of benzene rings is 2. The number of fused-ring (bicyclic) bond motifs is 1. The average Bonchev–Trinajstić information content (AvgIpc) is 3.22. The summed E-state index contributed by atoms with van der Waals surface area (Å²) in [4.78, 5) is 20.2. The first-order chi connectivity index (χ1) is 18.3. The molecule has 0 bridgehead atoms. The van der Waals surface area contributed by atoms with Gasteiger partial charge < -0.3 is 15.0 Å². The number of esters is 1. The molecule has 2 aromatic heterocycles. The van der Waals surface area contributed by atoms with Gasteiger partial charge in [-0.3, -0.25) is 9.52 Å². The number of sulfonamides is 1. The predicted octanol–water partition coefficient (Wildman–Crippen LogP) is 5.94. The first kappa shape index (κ1) is 28.6. The molecule has 3 N–H and O–H groups in total. The van der Waals surface area contributed by atoms with E-state index in [0.29, 0.717) is 23.0 Å². The molecule has 2 aromatic carbocycles. The molecule has 4 aromatic rings. The van der Waals surface area contributed by atoms with Gasteiger partial charge in [0, 0.05) is 35.0 Å². The molecular weight excluding hydrogens is 568 g/mol. The molecule has 206 valence electrons. The Bertz CT molecular complexity index is 1710. The SMILES string of the molecule is CCC(C)(C)C(=O)OCc1cc(Cl)cc(S(=O)(=O)Nc2cccc(-c3cn(C)c4ncnc(N)c34)c2F)c1Cl. The van der Waals surface area contributed by atoms with E-state index in [1.807, 2.05) is 6.92 Å². The summed E-state index contributed by atoms with van der Waals surface area (Å²) in [6.07, 6.45) is 3.48. The molecule has 0 radical (unpaired) electrons. The van der Waals surface area contributed by atoms with Gasteiger partial charge in [0.1, 0.15) is 29.3 Å². The van der Waals surface area contributed by atoms with Crippen LogP contribution in [0.15, 0.2) is 47.8 Å². The minimum absolute atomic E-state index is 0.0426. The lowest BCUT2D eigenvalue weighted by Crippen LogP contribution is -2.25. The molecule has 0 unspecified atom stereocenters. The summed E-state index contributed by atoms with van der Waals surface area (Å²) in [6, 6.07) is 6.80. The summed E-state index contributed by atoms with van der Waals surface area (Å²) < 4.78 is 51.8. The highest BCUT2D eigenvalue weighted by molar-refractivity contribution is 7.92. The molecule has 0 aliphatic rings. The highest BCUT2D eigenvalue weighted by atomic mass is 35.5. The van der Waals surface area contributed by atoms with Crippen LogP contribution in [0.5, 0.6) is 0 Å². The Kier molecular flexibility index (Phi) is 7.79. The Morgan fingerprint density at radius 3 is 2.62 bits per heavy atom. The van der Waals surface area contributed by atoms with Crippen molar-refractivity contribution < 1.29 is 22.3 Å². The minimum atomic E-state index is -4.43. The maximum Gasteiger partial charge on any atom is 0.311 e. The van der Waals surface area contributed by atoms with Crippen molar-refractivity contribution in [2.45, 2.75) is 38.7 Å². The van der Waals surface area contributed by atoms with Crippen molar-refractivity contribution in [1.82, 2.24) is 14.5 Å². The number of carbonyl (C=O) groups excluding carboxylic acids is 1. The van der Waals surface area contributed by atoms with Crippen molar-refractivity contribution >= 4 is 61.7 Å². The summed E-state index contributed by atoms with van der Waals surface area (Å²) in [5.41, 5.74) is 6.14. The fourth-order valence-corrected chi connectivity index (χ4v) is 5.84. The van der Waals surface area contributed by atoms with Crippen LogP contribution in [0, 0.1) is 11.2 Å². The van der Waals surface area contributed by atoms with E-state index in [1.165, 1.54) is 30.6 Å². The highest BCUT2D eigenvalue weighted by Gasteiger charge is 2.29. The third kappa shape index (κ3) is 5.52. The van der Waals surface area contributed by atoms with Crippen LogP contribution in [0.25, 0.3) is 22.2 Å². The number of rotatable bonds is 8. The van der Waals surface area contributed by atoms with E-state index in [-0.39, 0.29) is 39.3 Å². The summed E-state index contributed by atoms with van der Waals surface area (Å²) in [5, 5.41) is 0.271. The number of aryl methyl sites for hydroxylation is 1. The van der Waals surface area contributed by atoms with E-state index in [9.17, 15) is 13.2 Å². The number of hydrogen-bond donors (Lipinski definition) is 2. The van der Waals surface area contributed by atoms with E-state index in [4.69, 9.17) is 33.7 Å². The second-order valence-corrected chi connectivity index (χ2v) is 12.0. The normalized spacial score (nSPS) is 12.1. The zero-order valence-electron chi connectivity index (χ0n) is 21.5. The molecule has 0 aliphatic carbocycles. The number of carbonyl (C=O) groups is 1. The molecule has 0 spiro atoms. The fourth-order valence-electron chi connectivity index (χ4n) is 3.86. The van der Waals surface area contributed by atoms with Gasteiger partial charge in [0.25, 0.3) is 10.0 Å². The third-order valence-corrected chi connectivity index (χ3v) is 8.65. The largest absolute Gasteiger partial charge is 0.460 e. The molecule has 0 fully saturated rings. The molecule has 13 heteroatoms. The number of hydrogen-bond acceptors (Lipinski definition) is 7. The molecule has 2 heterocycles. The molecule has 0 aliphatic heterocycles. The molecular formula is C26H26Cl2FN5O4S. The first-order valence-corrected chi connectivity index (χ1v) is 14.0. The van der Waals surface area contributed by atoms with Crippen LogP contribution in [0.3, 0.4) is 0 Å². The summed E-state index contributed by atoms with van der Waals surface area (Å²) >= 11 is 12.6. The standard InChI is InChI=1S/C26H26Cl2FN5O4S/c1-5-26(2,3)25(35)38-12-14-9-15(27)10-19(21(14)28)39(36,37)33-18-8-6-7-16(22(18)29)17-11-34(4)24-20(17)23(30)31-13-32-24/h6-11,13,33H,5,12H2,1-4H3,(H2,30,31,32). The molecule has 0 saturated carbocycles. The van der Waals surface area contributed by atoms with E-state index in [2.05, 4.69) is 14.7 Å². The highest BCUT2D eigenvalue weighted by Crippen LogP contribution is 2.37. The Hall–Kier alpha value is -3.41. The molecule has 0 saturated heterocycles. The smallest absolute Gasteiger partial charge is 0.311 e. The van der Waals surface area contributed by atoms with Crippen molar-refractivity contribution in [3.05, 3.63) is 64.3 Å². The topological polar surface area (TPSA) is 129 Å². The number of aromatic nitrogens is 3. The van der Waals surface area contributed by atoms with Crippen LogP contribution in [0.2, 0.25) is 10.0 Å². The lowest BCUT2D eigenvalue weighted by molar-refractivity contribution is -0.155. The number of nitrogens with two attached hydrogens (primary N) is 1. The van der Waals surface area contributed by atoms with E-state index in [1.54, 1.807) is 31.7 Å². The molecule has 0 amide bonds. The second-order valence-electron chi connectivity index (χ2n) is 9.57. The van der Waals surface area contributed by atoms with Crippen LogP contribution in [-0.2, 0) is 33.2 Å². The Labute approximate surface area is 235 Å². The van der Waals surface area contributed by atoms with Crippen LogP contribution < -0.4 is 10.5 Å². The summed E-state index contributed by atoms with van der Waals surface area (Å²) in [6.45, 7) is 5.02. The molecule has 39 heavy (non-hydrogen) atoms. The van der Waals surface area contributed by atoms with Gasteiger partial charge in [-0.25, -0.2) is 22.8 Å². The third-order valence-electron chi connectivity index (χ3n) is 6.48. The van der Waals surface area contributed by atoms with Gasteiger partial charge in [-0.15, -0.1) is 0 Å². The number of halogens is 3. The lowest BCUT2D eigenvalue weighted by Gasteiger charge is -2.21. The van der Waals surface area contributed by atoms with Gasteiger partial charge in [0.2, 0.25) is 0 Å². The number of nitrogens with zero attached hydrogens (tertiary/aromatic N) is 3.